The van der Waals surface area contributed by atoms with Crippen molar-refractivity contribution < 1.29 is 0 Å². The van der Waals surface area contributed by atoms with Gasteiger partial charge in [-0.05, 0) is 50.7 Å². The molecule has 0 aliphatic heterocycles. The van der Waals surface area contributed by atoms with Crippen molar-refractivity contribution in [1.82, 2.24) is 10.3 Å². The summed E-state index contributed by atoms with van der Waals surface area (Å²) in [6.07, 6.45) is 5.94. The molecule has 1 saturated carbocycles. The molecule has 0 spiro atoms. The lowest BCUT2D eigenvalue weighted by atomic mass is 9.73. The van der Waals surface area contributed by atoms with E-state index in [1.54, 1.807) is 0 Å². The maximum Gasteiger partial charge on any atom is 0.0658 e. The van der Waals surface area contributed by atoms with Crippen molar-refractivity contribution in [2.24, 2.45) is 5.84 Å². The standard InChI is InChI=1S/C15H23Cl2N3/c1-20(2)15(8-4-3-5-9-15)14(19-18)12-10-11(16)6-7-13(12)17/h6-7,10,14,19H,3-5,8-9,18H2,1-2H3. The highest BCUT2D eigenvalue weighted by atomic mass is 35.5. The third-order valence-corrected chi connectivity index (χ3v) is 5.16. The van der Waals surface area contributed by atoms with E-state index in [2.05, 4.69) is 24.4 Å². The van der Waals surface area contributed by atoms with Gasteiger partial charge in [-0.25, -0.2) is 0 Å². The zero-order chi connectivity index (χ0) is 14.8. The van der Waals surface area contributed by atoms with Crippen LogP contribution in [0.2, 0.25) is 10.0 Å². The zero-order valence-electron chi connectivity index (χ0n) is 12.1. The summed E-state index contributed by atoms with van der Waals surface area (Å²) >= 11 is 12.5. The van der Waals surface area contributed by atoms with Crippen LogP contribution in [-0.4, -0.2) is 24.5 Å². The molecule has 2 rings (SSSR count). The minimum Gasteiger partial charge on any atom is -0.302 e. The van der Waals surface area contributed by atoms with E-state index in [1.165, 1.54) is 19.3 Å². The minimum atomic E-state index is -0.0241. The molecule has 20 heavy (non-hydrogen) atoms. The average Bonchev–Trinajstić information content (AvgIpc) is 2.44. The van der Waals surface area contributed by atoms with Gasteiger partial charge in [0.05, 0.1) is 6.04 Å². The summed E-state index contributed by atoms with van der Waals surface area (Å²) in [6.45, 7) is 0. The van der Waals surface area contributed by atoms with Crippen molar-refractivity contribution in [3.05, 3.63) is 33.8 Å². The first-order valence-electron chi connectivity index (χ1n) is 7.10. The first kappa shape index (κ1) is 16.1. The SMILES string of the molecule is CN(C)C1(C(NN)c2cc(Cl)ccc2Cl)CCCCC1. The molecule has 1 aliphatic carbocycles. The van der Waals surface area contributed by atoms with Crippen LogP contribution >= 0.6 is 23.2 Å². The molecule has 0 heterocycles. The number of nitrogens with two attached hydrogens (primary N) is 1. The van der Waals surface area contributed by atoms with Crippen molar-refractivity contribution in [2.45, 2.75) is 43.7 Å². The average molecular weight is 316 g/mol. The van der Waals surface area contributed by atoms with Gasteiger partial charge in [0.2, 0.25) is 0 Å². The van der Waals surface area contributed by atoms with E-state index in [4.69, 9.17) is 29.0 Å². The van der Waals surface area contributed by atoms with Gasteiger partial charge in [0.1, 0.15) is 0 Å². The number of rotatable bonds is 4. The Labute approximate surface area is 131 Å². The lowest BCUT2D eigenvalue weighted by molar-refractivity contribution is 0.0564. The summed E-state index contributed by atoms with van der Waals surface area (Å²) in [6, 6.07) is 5.55. The first-order valence-corrected chi connectivity index (χ1v) is 7.85. The molecule has 0 radical (unpaired) electrons. The van der Waals surface area contributed by atoms with Gasteiger partial charge < -0.3 is 4.90 Å². The lowest BCUT2D eigenvalue weighted by Crippen LogP contribution is -2.56. The number of hydrogen-bond acceptors (Lipinski definition) is 3. The Bertz CT molecular complexity index is 456. The molecule has 0 bridgehead atoms. The number of nitrogens with zero attached hydrogens (tertiary/aromatic N) is 1. The number of benzene rings is 1. The van der Waals surface area contributed by atoms with Crippen LogP contribution in [0.4, 0.5) is 0 Å². The molecule has 1 aromatic carbocycles. The highest BCUT2D eigenvalue weighted by Gasteiger charge is 2.42. The van der Waals surface area contributed by atoms with Crippen LogP contribution in [0.3, 0.4) is 0 Å². The van der Waals surface area contributed by atoms with Gasteiger partial charge in [0.15, 0.2) is 0 Å². The molecule has 5 heteroatoms. The Morgan fingerprint density at radius 2 is 1.85 bits per heavy atom. The summed E-state index contributed by atoms with van der Waals surface area (Å²) in [4.78, 5) is 2.29. The van der Waals surface area contributed by atoms with Crippen molar-refractivity contribution in [3.8, 4) is 0 Å². The van der Waals surface area contributed by atoms with Crippen LogP contribution in [0.15, 0.2) is 18.2 Å². The topological polar surface area (TPSA) is 41.3 Å². The van der Waals surface area contributed by atoms with Crippen molar-refractivity contribution in [1.29, 1.82) is 0 Å². The molecule has 0 amide bonds. The van der Waals surface area contributed by atoms with E-state index in [1.807, 2.05) is 18.2 Å². The second kappa shape index (κ2) is 6.63. The predicted octanol–water partition coefficient (Wildman–Crippen LogP) is 3.76. The predicted molar refractivity (Wildman–Crippen MR) is 86.0 cm³/mol. The number of hydrogen-bond donors (Lipinski definition) is 2. The maximum absolute atomic E-state index is 6.38. The highest BCUT2D eigenvalue weighted by Crippen LogP contribution is 2.43. The Morgan fingerprint density at radius 3 is 2.40 bits per heavy atom. The molecular weight excluding hydrogens is 293 g/mol. The van der Waals surface area contributed by atoms with E-state index in [0.717, 1.165) is 18.4 Å². The molecule has 1 unspecified atom stereocenters. The fourth-order valence-electron chi connectivity index (χ4n) is 3.43. The fourth-order valence-corrected chi connectivity index (χ4v) is 3.84. The Kier molecular flexibility index (Phi) is 5.32. The van der Waals surface area contributed by atoms with Crippen molar-refractivity contribution >= 4 is 23.2 Å². The quantitative estimate of drug-likeness (QED) is 0.656. The number of hydrazine groups is 1. The van der Waals surface area contributed by atoms with Crippen molar-refractivity contribution in [3.63, 3.8) is 0 Å². The molecule has 1 aliphatic rings. The molecule has 3 nitrogen and oxygen atoms in total. The number of nitrogens with one attached hydrogen (secondary N) is 1. The Balaban J connectivity index is 2.45. The fraction of sp³-hybridized carbons (Fsp3) is 0.600. The van der Waals surface area contributed by atoms with Gasteiger partial charge >= 0.3 is 0 Å². The van der Waals surface area contributed by atoms with Gasteiger partial charge in [0.25, 0.3) is 0 Å². The van der Waals surface area contributed by atoms with Gasteiger partial charge in [0, 0.05) is 15.6 Å². The molecule has 112 valence electrons. The van der Waals surface area contributed by atoms with Gasteiger partial charge in [-0.1, -0.05) is 42.5 Å². The van der Waals surface area contributed by atoms with Crippen LogP contribution in [0.5, 0.6) is 0 Å². The van der Waals surface area contributed by atoms with E-state index in [0.29, 0.717) is 10.0 Å². The molecule has 0 aromatic heterocycles. The summed E-state index contributed by atoms with van der Waals surface area (Å²) < 4.78 is 0. The summed E-state index contributed by atoms with van der Waals surface area (Å²) in [5.74, 6) is 5.90. The number of halogens is 2. The minimum absolute atomic E-state index is 0.0126. The van der Waals surface area contributed by atoms with Crippen molar-refractivity contribution in [2.75, 3.05) is 14.1 Å². The van der Waals surface area contributed by atoms with Gasteiger partial charge in [-0.15, -0.1) is 0 Å². The normalized spacial score (nSPS) is 20.1. The molecular formula is C15H23Cl2N3. The summed E-state index contributed by atoms with van der Waals surface area (Å²) in [7, 11) is 4.24. The molecule has 1 aromatic rings. The van der Waals surface area contributed by atoms with Crippen LogP contribution in [0, 0.1) is 0 Å². The van der Waals surface area contributed by atoms with E-state index >= 15 is 0 Å². The highest BCUT2D eigenvalue weighted by molar-refractivity contribution is 6.33. The zero-order valence-corrected chi connectivity index (χ0v) is 13.6. The second-order valence-corrected chi connectivity index (χ2v) is 6.67. The van der Waals surface area contributed by atoms with Gasteiger partial charge in [-0.3, -0.25) is 11.3 Å². The van der Waals surface area contributed by atoms with Crippen LogP contribution < -0.4 is 11.3 Å². The van der Waals surface area contributed by atoms with E-state index in [-0.39, 0.29) is 11.6 Å². The summed E-state index contributed by atoms with van der Waals surface area (Å²) in [5.41, 5.74) is 3.96. The monoisotopic (exact) mass is 315 g/mol. The third-order valence-electron chi connectivity index (χ3n) is 4.58. The molecule has 1 fully saturated rings. The molecule has 1 atom stereocenters. The lowest BCUT2D eigenvalue weighted by Gasteiger charge is -2.48. The molecule has 0 saturated heterocycles. The first-order chi connectivity index (χ1) is 9.51. The maximum atomic E-state index is 6.38. The second-order valence-electron chi connectivity index (χ2n) is 5.82. The van der Waals surface area contributed by atoms with Crippen LogP contribution in [-0.2, 0) is 0 Å². The number of likely N-dealkylation sites (N-methyl/N-ethyl adjacent to an activating group) is 1. The van der Waals surface area contributed by atoms with E-state index in [9.17, 15) is 0 Å². The van der Waals surface area contributed by atoms with Crippen LogP contribution in [0.25, 0.3) is 0 Å². The largest absolute Gasteiger partial charge is 0.302 e. The third kappa shape index (κ3) is 2.97. The van der Waals surface area contributed by atoms with E-state index < -0.39 is 0 Å². The molecule has 3 N–H and O–H groups in total. The van der Waals surface area contributed by atoms with Gasteiger partial charge in [-0.2, -0.15) is 0 Å². The Morgan fingerprint density at radius 1 is 1.20 bits per heavy atom. The van der Waals surface area contributed by atoms with Crippen LogP contribution in [0.1, 0.15) is 43.7 Å². The summed E-state index contributed by atoms with van der Waals surface area (Å²) in [5, 5.41) is 1.40. The Hall–Kier alpha value is -0.320. The smallest absolute Gasteiger partial charge is 0.0658 e.